The van der Waals surface area contributed by atoms with Crippen LogP contribution in [0.4, 0.5) is 13.2 Å². The van der Waals surface area contributed by atoms with Crippen molar-refractivity contribution in [3.05, 3.63) is 83.0 Å². The molecule has 2 amide bonds. The Morgan fingerprint density at radius 2 is 2.03 bits per heavy atom. The predicted octanol–water partition coefficient (Wildman–Crippen LogP) is 4.08. The summed E-state index contributed by atoms with van der Waals surface area (Å²) in [5.41, 5.74) is 0.743. The van der Waals surface area contributed by atoms with Gasteiger partial charge in [-0.2, -0.15) is 18.3 Å². The molecule has 1 aliphatic rings. The van der Waals surface area contributed by atoms with Crippen LogP contribution in [0.25, 0.3) is 5.69 Å². The van der Waals surface area contributed by atoms with Crippen LogP contribution in [0.3, 0.4) is 0 Å². The Hall–Kier alpha value is -3.86. The minimum Gasteiger partial charge on any atom is -0.480 e. The highest BCUT2D eigenvalue weighted by Gasteiger charge is 2.32. The minimum atomic E-state index is -4.54. The van der Waals surface area contributed by atoms with Gasteiger partial charge in [0, 0.05) is 29.9 Å². The molecule has 36 heavy (non-hydrogen) atoms. The normalized spacial score (nSPS) is 14.9. The number of ether oxygens (including phenoxy) is 1. The molecule has 0 radical (unpaired) electrons. The van der Waals surface area contributed by atoms with Gasteiger partial charge in [0.2, 0.25) is 0 Å². The van der Waals surface area contributed by atoms with Gasteiger partial charge in [-0.15, -0.1) is 0 Å². The molecule has 0 unspecified atom stereocenters. The molecule has 2 N–H and O–H groups in total. The van der Waals surface area contributed by atoms with Crippen molar-refractivity contribution in [3.63, 3.8) is 0 Å². The topological polar surface area (TPSA) is 98.1 Å². The lowest BCUT2D eigenvalue weighted by Gasteiger charge is -2.25. The number of amides is 2. The number of carbonyl (C=O) groups is 2. The van der Waals surface area contributed by atoms with E-state index < -0.39 is 23.9 Å². The molecule has 0 saturated carbocycles. The Bertz CT molecular complexity index is 1290. The van der Waals surface area contributed by atoms with Crippen molar-refractivity contribution in [2.75, 3.05) is 6.54 Å². The van der Waals surface area contributed by atoms with Gasteiger partial charge in [-0.1, -0.05) is 18.2 Å². The molecule has 3 heterocycles. The number of alkyl halides is 3. The van der Waals surface area contributed by atoms with E-state index in [1.807, 2.05) is 6.07 Å². The van der Waals surface area contributed by atoms with Crippen molar-refractivity contribution in [2.45, 2.75) is 31.5 Å². The second kappa shape index (κ2) is 10.4. The van der Waals surface area contributed by atoms with E-state index in [9.17, 15) is 22.8 Å². The Morgan fingerprint density at radius 3 is 2.75 bits per heavy atom. The number of aromatic nitrogens is 3. The van der Waals surface area contributed by atoms with Crippen molar-refractivity contribution in [2.24, 2.45) is 0 Å². The summed E-state index contributed by atoms with van der Waals surface area (Å²) in [7, 11) is 0. The third kappa shape index (κ3) is 6.03. The zero-order chi connectivity index (χ0) is 25.9. The lowest BCUT2D eigenvalue weighted by molar-refractivity contribution is -0.141. The second-order valence-electron chi connectivity index (χ2n) is 8.07. The lowest BCUT2D eigenvalue weighted by Crippen LogP contribution is -2.41. The van der Waals surface area contributed by atoms with Crippen LogP contribution in [0, 0.1) is 0 Å². The van der Waals surface area contributed by atoms with Crippen molar-refractivity contribution in [1.82, 2.24) is 25.4 Å². The van der Waals surface area contributed by atoms with Crippen molar-refractivity contribution < 1.29 is 27.5 Å². The summed E-state index contributed by atoms with van der Waals surface area (Å²) < 4.78 is 45.0. The summed E-state index contributed by atoms with van der Waals surface area (Å²) in [6.45, 7) is 4.03. The summed E-state index contributed by atoms with van der Waals surface area (Å²) in [6.07, 6.45) is -0.0319. The summed E-state index contributed by atoms with van der Waals surface area (Å²) in [5, 5.41) is 10.00. The maximum Gasteiger partial charge on any atom is 0.433 e. The van der Waals surface area contributed by atoms with Gasteiger partial charge in [0.05, 0.1) is 23.6 Å². The number of pyridine rings is 1. The molecule has 0 fully saturated rings. The average Bonchev–Trinajstić information content (AvgIpc) is 3.34. The fraction of sp³-hybridized carbons (Fsp3) is 0.250. The van der Waals surface area contributed by atoms with Crippen LogP contribution in [0.1, 0.15) is 34.5 Å². The number of benzene rings is 1. The fourth-order valence-electron chi connectivity index (χ4n) is 3.56. The SMILES string of the molecule is C=C(CCNC(=O)[C@H]1CCc2cc(Cl)ccc2O1)NC(=O)c1cnn(-c2ccc(C(F)(F)F)nc2)c1. The van der Waals surface area contributed by atoms with E-state index in [1.165, 1.54) is 23.1 Å². The monoisotopic (exact) mass is 519 g/mol. The molecule has 1 atom stereocenters. The second-order valence-corrected chi connectivity index (χ2v) is 8.51. The Labute approximate surface area is 209 Å². The van der Waals surface area contributed by atoms with Gasteiger partial charge in [0.1, 0.15) is 11.4 Å². The highest BCUT2D eigenvalue weighted by Crippen LogP contribution is 2.30. The highest BCUT2D eigenvalue weighted by molar-refractivity contribution is 6.30. The third-order valence-corrected chi connectivity index (χ3v) is 5.66. The minimum absolute atomic E-state index is 0.175. The zero-order valence-electron chi connectivity index (χ0n) is 18.8. The summed E-state index contributed by atoms with van der Waals surface area (Å²) in [5.74, 6) is -0.125. The van der Waals surface area contributed by atoms with Gasteiger partial charge < -0.3 is 15.4 Å². The van der Waals surface area contributed by atoms with E-state index in [4.69, 9.17) is 16.3 Å². The van der Waals surface area contributed by atoms with E-state index >= 15 is 0 Å². The van der Waals surface area contributed by atoms with E-state index in [2.05, 4.69) is 27.3 Å². The van der Waals surface area contributed by atoms with Crippen LogP contribution in [-0.4, -0.2) is 39.2 Å². The van der Waals surface area contributed by atoms with Gasteiger partial charge in [0.25, 0.3) is 11.8 Å². The molecule has 0 aliphatic carbocycles. The van der Waals surface area contributed by atoms with Gasteiger partial charge >= 0.3 is 6.18 Å². The lowest BCUT2D eigenvalue weighted by atomic mass is 10.0. The smallest absolute Gasteiger partial charge is 0.433 e. The molecule has 1 aromatic carbocycles. The number of nitrogens with zero attached hydrogens (tertiary/aromatic N) is 3. The largest absolute Gasteiger partial charge is 0.480 e. The van der Waals surface area contributed by atoms with Crippen LogP contribution in [0.15, 0.2) is 61.2 Å². The Kier molecular flexibility index (Phi) is 7.30. The van der Waals surface area contributed by atoms with Crippen LogP contribution >= 0.6 is 11.6 Å². The Morgan fingerprint density at radius 1 is 1.22 bits per heavy atom. The summed E-state index contributed by atoms with van der Waals surface area (Å²) in [6, 6.07) is 7.31. The molecule has 0 bridgehead atoms. The van der Waals surface area contributed by atoms with E-state index in [1.54, 1.807) is 12.1 Å². The molecule has 0 spiro atoms. The summed E-state index contributed by atoms with van der Waals surface area (Å²) >= 11 is 5.98. The average molecular weight is 520 g/mol. The maximum absolute atomic E-state index is 12.7. The first-order valence-corrected chi connectivity index (χ1v) is 11.3. The van der Waals surface area contributed by atoms with Crippen LogP contribution in [-0.2, 0) is 17.4 Å². The first-order valence-electron chi connectivity index (χ1n) is 10.9. The number of halogens is 4. The van der Waals surface area contributed by atoms with Crippen molar-refractivity contribution >= 4 is 23.4 Å². The number of hydrogen-bond donors (Lipinski definition) is 2. The Balaban J connectivity index is 1.24. The molecule has 188 valence electrons. The van der Waals surface area contributed by atoms with Crippen LogP contribution in [0.5, 0.6) is 5.75 Å². The van der Waals surface area contributed by atoms with Gasteiger partial charge in [-0.25, -0.2) is 9.67 Å². The quantitative estimate of drug-likeness (QED) is 0.490. The first-order chi connectivity index (χ1) is 17.1. The molecule has 0 saturated heterocycles. The third-order valence-electron chi connectivity index (χ3n) is 5.42. The van der Waals surface area contributed by atoms with Crippen LogP contribution in [0.2, 0.25) is 5.02 Å². The van der Waals surface area contributed by atoms with E-state index in [0.29, 0.717) is 29.3 Å². The predicted molar refractivity (Wildman–Crippen MR) is 125 cm³/mol. The highest BCUT2D eigenvalue weighted by atomic mass is 35.5. The fourth-order valence-corrected chi connectivity index (χ4v) is 3.75. The first kappa shape index (κ1) is 25.2. The number of fused-ring (bicyclic) bond motifs is 1. The number of carbonyl (C=O) groups excluding carboxylic acids is 2. The van der Waals surface area contributed by atoms with Gasteiger partial charge in [-0.3, -0.25) is 9.59 Å². The van der Waals surface area contributed by atoms with E-state index in [0.717, 1.165) is 17.8 Å². The molecule has 4 rings (SSSR count). The van der Waals surface area contributed by atoms with Crippen molar-refractivity contribution in [3.8, 4) is 11.4 Å². The number of nitrogens with one attached hydrogen (secondary N) is 2. The zero-order valence-corrected chi connectivity index (χ0v) is 19.6. The molecule has 2 aromatic heterocycles. The van der Waals surface area contributed by atoms with E-state index in [-0.39, 0.29) is 30.1 Å². The van der Waals surface area contributed by atoms with Crippen LogP contribution < -0.4 is 15.4 Å². The molecular weight excluding hydrogens is 499 g/mol. The maximum atomic E-state index is 12.7. The van der Waals surface area contributed by atoms with Crippen molar-refractivity contribution in [1.29, 1.82) is 0 Å². The molecule has 1 aliphatic heterocycles. The number of hydrogen-bond acceptors (Lipinski definition) is 5. The van der Waals surface area contributed by atoms with Gasteiger partial charge in [-0.05, 0) is 48.7 Å². The van der Waals surface area contributed by atoms with Gasteiger partial charge in [0.15, 0.2) is 6.10 Å². The molecular formula is C24H21ClF3N5O3. The standard InChI is InChI=1S/C24H21ClF3N5O3/c1-14(8-9-29-23(35)20-5-2-15-10-17(25)3-6-19(15)36-20)32-22(34)16-11-31-33(13-16)18-4-7-21(30-12-18)24(26,27)28/h3-4,6-7,10-13,20H,1-2,5,8-9H2,(H,29,35)(H,32,34)/t20-/m1/s1. The number of aryl methyl sites for hydroxylation is 1. The molecule has 12 heteroatoms. The number of rotatable bonds is 7. The summed E-state index contributed by atoms with van der Waals surface area (Å²) in [4.78, 5) is 28.3. The molecule has 8 nitrogen and oxygen atoms in total. The molecule has 3 aromatic rings.